The van der Waals surface area contributed by atoms with Crippen LogP contribution < -0.4 is 4.90 Å². The second-order valence-electron chi connectivity index (χ2n) is 10.6. The minimum Gasteiger partial charge on any atom is -0.274 e. The number of amides is 2. The molecule has 0 radical (unpaired) electrons. The van der Waals surface area contributed by atoms with Crippen LogP contribution in [0.1, 0.15) is 39.3 Å². The Kier molecular flexibility index (Phi) is 5.11. The lowest BCUT2D eigenvalue weighted by molar-refractivity contribution is -0.122. The Balaban J connectivity index is 1.50. The van der Waals surface area contributed by atoms with E-state index in [4.69, 9.17) is 4.99 Å². The molecule has 0 aromatic heterocycles. The number of hydrogen-bond donors (Lipinski definition) is 0. The Bertz CT molecular complexity index is 1630. The van der Waals surface area contributed by atoms with Gasteiger partial charge in [-0.2, -0.15) is 0 Å². The molecule has 0 N–H and O–H groups in total. The van der Waals surface area contributed by atoms with Crippen LogP contribution in [0.15, 0.2) is 100 Å². The molecular weight excluding hydrogens is 536 g/mol. The van der Waals surface area contributed by atoms with Crippen LogP contribution in [0.5, 0.6) is 0 Å². The summed E-state index contributed by atoms with van der Waals surface area (Å²) < 4.78 is 0.898. The number of aliphatic imine (C=N–C) groups is 1. The van der Waals surface area contributed by atoms with Crippen molar-refractivity contribution in [1.82, 2.24) is 0 Å². The predicted molar refractivity (Wildman–Crippen MR) is 153 cm³/mol. The molecule has 38 heavy (non-hydrogen) atoms. The van der Waals surface area contributed by atoms with Crippen molar-refractivity contribution in [3.05, 3.63) is 129 Å². The van der Waals surface area contributed by atoms with Crippen LogP contribution in [-0.4, -0.2) is 18.0 Å². The molecular formula is C33H25BrN2O2. The van der Waals surface area contributed by atoms with Crippen molar-refractivity contribution in [2.45, 2.75) is 25.2 Å². The second-order valence-corrected chi connectivity index (χ2v) is 11.5. The van der Waals surface area contributed by atoms with Gasteiger partial charge in [-0.15, -0.1) is 0 Å². The van der Waals surface area contributed by atoms with Gasteiger partial charge in [0.2, 0.25) is 11.8 Å². The van der Waals surface area contributed by atoms with Gasteiger partial charge in [-0.05, 0) is 72.0 Å². The van der Waals surface area contributed by atoms with Crippen LogP contribution in [0.4, 0.5) is 11.4 Å². The fourth-order valence-electron chi connectivity index (χ4n) is 7.02. The Labute approximate surface area is 230 Å². The van der Waals surface area contributed by atoms with Crippen LogP contribution in [0, 0.1) is 25.7 Å². The Morgan fingerprint density at radius 3 is 2.08 bits per heavy atom. The lowest BCUT2D eigenvalue weighted by Gasteiger charge is -2.52. The van der Waals surface area contributed by atoms with Crippen LogP contribution in [0.25, 0.3) is 0 Å². The predicted octanol–water partition coefficient (Wildman–Crippen LogP) is 7.02. The van der Waals surface area contributed by atoms with Crippen LogP contribution in [0.2, 0.25) is 0 Å². The van der Waals surface area contributed by atoms with Gasteiger partial charge in [0.05, 0.1) is 28.6 Å². The van der Waals surface area contributed by atoms with Crippen molar-refractivity contribution in [3.8, 4) is 0 Å². The van der Waals surface area contributed by atoms with E-state index in [0.29, 0.717) is 5.69 Å². The van der Waals surface area contributed by atoms with Crippen molar-refractivity contribution >= 4 is 45.3 Å². The molecule has 3 aliphatic carbocycles. The number of nitrogens with zero attached hydrogens (tertiary/aromatic N) is 2. The van der Waals surface area contributed by atoms with Gasteiger partial charge >= 0.3 is 0 Å². The summed E-state index contributed by atoms with van der Waals surface area (Å²) in [6, 6.07) is 30.2. The van der Waals surface area contributed by atoms with E-state index in [-0.39, 0.29) is 17.7 Å². The van der Waals surface area contributed by atoms with Crippen molar-refractivity contribution in [2.75, 3.05) is 4.90 Å². The molecule has 8 rings (SSSR count). The average Bonchev–Trinajstić information content (AvgIpc) is 3.19. The molecule has 5 heteroatoms. The van der Waals surface area contributed by atoms with Gasteiger partial charge in [0, 0.05) is 16.6 Å². The summed E-state index contributed by atoms with van der Waals surface area (Å²) in [6.07, 6.45) is 1.96. The highest BCUT2D eigenvalue weighted by Crippen LogP contribution is 2.63. The number of benzene rings is 4. The fraction of sp³-hybridized carbons (Fsp3) is 0.182. The molecule has 4 aromatic rings. The van der Waals surface area contributed by atoms with E-state index in [2.05, 4.69) is 66.2 Å². The topological polar surface area (TPSA) is 49.7 Å². The van der Waals surface area contributed by atoms with Crippen LogP contribution >= 0.6 is 15.9 Å². The molecule has 2 amide bonds. The molecule has 186 valence electrons. The Morgan fingerprint density at radius 1 is 0.816 bits per heavy atom. The van der Waals surface area contributed by atoms with Crippen molar-refractivity contribution in [3.63, 3.8) is 0 Å². The molecule has 1 saturated heterocycles. The standard InChI is InChI=1S/C33H25BrN2O2/c1-19-11-16-27(20(2)17-19)35-18-33-25-9-5-3-7-23(25)28(24-8-4-6-10-26(24)33)29-30(33)32(38)36(31(29)37)22-14-12-21(34)13-15-22/h3-18,28-30H,1-2H3/t28?,29-,30+,33?/m1/s1. The summed E-state index contributed by atoms with van der Waals surface area (Å²) in [5.74, 6) is -1.56. The molecule has 0 unspecified atom stereocenters. The van der Waals surface area contributed by atoms with Gasteiger partial charge in [0.25, 0.3) is 0 Å². The van der Waals surface area contributed by atoms with E-state index in [1.807, 2.05) is 60.8 Å². The maximum atomic E-state index is 14.4. The molecule has 1 heterocycles. The third-order valence-electron chi connectivity index (χ3n) is 8.53. The molecule has 4 nitrogen and oxygen atoms in total. The maximum absolute atomic E-state index is 14.4. The summed E-state index contributed by atoms with van der Waals surface area (Å²) in [5, 5.41) is 0. The highest BCUT2D eigenvalue weighted by atomic mass is 79.9. The highest BCUT2D eigenvalue weighted by molar-refractivity contribution is 9.10. The van der Waals surface area contributed by atoms with Crippen molar-refractivity contribution in [2.24, 2.45) is 16.8 Å². The van der Waals surface area contributed by atoms with Gasteiger partial charge in [-0.1, -0.05) is 82.2 Å². The van der Waals surface area contributed by atoms with E-state index < -0.39 is 17.3 Å². The fourth-order valence-corrected chi connectivity index (χ4v) is 7.28. The normalized spacial score (nSPS) is 25.0. The zero-order chi connectivity index (χ0) is 26.2. The number of imide groups is 1. The smallest absolute Gasteiger partial charge is 0.239 e. The van der Waals surface area contributed by atoms with E-state index in [1.54, 1.807) is 0 Å². The first kappa shape index (κ1) is 23.3. The average molecular weight is 561 g/mol. The number of hydrogen-bond acceptors (Lipinski definition) is 3. The first-order valence-corrected chi connectivity index (χ1v) is 13.7. The number of carbonyl (C=O) groups excluding carboxylic acids is 2. The number of carbonyl (C=O) groups is 2. The lowest BCUT2D eigenvalue weighted by Crippen LogP contribution is -2.54. The molecule has 1 aliphatic heterocycles. The highest BCUT2D eigenvalue weighted by Gasteiger charge is 2.67. The molecule has 2 atom stereocenters. The van der Waals surface area contributed by atoms with E-state index in [1.165, 1.54) is 10.5 Å². The van der Waals surface area contributed by atoms with Gasteiger partial charge in [-0.25, -0.2) is 4.90 Å². The zero-order valence-corrected chi connectivity index (χ0v) is 22.6. The van der Waals surface area contributed by atoms with Crippen molar-refractivity contribution in [1.29, 1.82) is 0 Å². The van der Waals surface area contributed by atoms with Crippen LogP contribution in [-0.2, 0) is 15.0 Å². The van der Waals surface area contributed by atoms with E-state index >= 15 is 0 Å². The summed E-state index contributed by atoms with van der Waals surface area (Å²) in [6.45, 7) is 4.12. The first-order chi connectivity index (χ1) is 18.4. The quantitative estimate of drug-likeness (QED) is 0.199. The second kappa shape index (κ2) is 8.34. The minimum atomic E-state index is -0.860. The summed E-state index contributed by atoms with van der Waals surface area (Å²) in [7, 11) is 0. The zero-order valence-electron chi connectivity index (χ0n) is 21.1. The maximum Gasteiger partial charge on any atom is 0.239 e. The monoisotopic (exact) mass is 560 g/mol. The summed E-state index contributed by atoms with van der Waals surface area (Å²) in [4.78, 5) is 35.1. The third kappa shape index (κ3) is 3.05. The SMILES string of the molecule is Cc1ccc(N=CC23c4ccccc4C(c4ccccc42)[C@H]2C(=O)N(c4ccc(Br)cc4)C(=O)[C@H]23)c(C)c1. The largest absolute Gasteiger partial charge is 0.274 e. The minimum absolute atomic E-state index is 0.138. The number of anilines is 1. The van der Waals surface area contributed by atoms with Gasteiger partial charge in [0.15, 0.2) is 0 Å². The lowest BCUT2D eigenvalue weighted by atomic mass is 9.47. The third-order valence-corrected chi connectivity index (χ3v) is 9.06. The Morgan fingerprint density at radius 2 is 1.45 bits per heavy atom. The van der Waals surface area contributed by atoms with Crippen LogP contribution in [0.3, 0.4) is 0 Å². The number of rotatable bonds is 3. The molecule has 4 aromatic carbocycles. The first-order valence-electron chi connectivity index (χ1n) is 12.9. The van der Waals surface area contributed by atoms with E-state index in [9.17, 15) is 9.59 Å². The molecule has 1 fully saturated rings. The molecule has 4 aliphatic rings. The van der Waals surface area contributed by atoms with Gasteiger partial charge in [0.1, 0.15) is 0 Å². The molecule has 0 spiro atoms. The Hall–Kier alpha value is -3.83. The number of aryl methyl sites for hydroxylation is 2. The molecule has 2 bridgehead atoms. The summed E-state index contributed by atoms with van der Waals surface area (Å²) >= 11 is 3.47. The number of halogens is 1. The van der Waals surface area contributed by atoms with E-state index in [0.717, 1.165) is 38.0 Å². The van der Waals surface area contributed by atoms with Crippen molar-refractivity contribution < 1.29 is 9.59 Å². The van der Waals surface area contributed by atoms with Gasteiger partial charge in [-0.3, -0.25) is 14.6 Å². The summed E-state index contributed by atoms with van der Waals surface area (Å²) in [5.41, 5.74) is 7.21. The molecule has 0 saturated carbocycles. The van der Waals surface area contributed by atoms with Gasteiger partial charge < -0.3 is 0 Å².